The summed E-state index contributed by atoms with van der Waals surface area (Å²) in [5, 5.41) is 3.64. The summed E-state index contributed by atoms with van der Waals surface area (Å²) in [5.74, 6) is 0.852. The van der Waals surface area contributed by atoms with Gasteiger partial charge in [0.2, 0.25) is 5.91 Å². The summed E-state index contributed by atoms with van der Waals surface area (Å²) in [6.07, 6.45) is 2.56. The van der Waals surface area contributed by atoms with Gasteiger partial charge in [0.15, 0.2) is 0 Å². The van der Waals surface area contributed by atoms with Crippen molar-refractivity contribution in [3.63, 3.8) is 0 Å². The van der Waals surface area contributed by atoms with Crippen LogP contribution >= 0.6 is 27.5 Å². The van der Waals surface area contributed by atoms with Crippen LogP contribution in [0.1, 0.15) is 27.2 Å². The Balaban J connectivity index is 2.03. The van der Waals surface area contributed by atoms with Crippen LogP contribution in [0.5, 0.6) is 0 Å². The highest BCUT2D eigenvalue weighted by Crippen LogP contribution is 2.30. The highest BCUT2D eigenvalue weighted by Gasteiger charge is 2.31. The molecule has 0 aliphatic carbocycles. The first-order valence-corrected chi connectivity index (χ1v) is 7.81. The Hall–Kier alpha value is -0.810. The van der Waals surface area contributed by atoms with Gasteiger partial charge in [-0.2, -0.15) is 0 Å². The fourth-order valence-corrected chi connectivity index (χ4v) is 3.03. The maximum Gasteiger partial charge on any atom is 0.225 e. The third-order valence-corrected chi connectivity index (χ3v) is 3.86. The van der Waals surface area contributed by atoms with Gasteiger partial charge in [-0.05, 0) is 49.2 Å². The molecule has 0 saturated carbocycles. The van der Waals surface area contributed by atoms with Crippen molar-refractivity contribution in [2.75, 3.05) is 18.0 Å². The molecule has 6 heteroatoms. The molecule has 1 aliphatic heterocycles. The normalized spacial score (nSPS) is 19.2. The minimum absolute atomic E-state index is 0.00395. The van der Waals surface area contributed by atoms with E-state index in [1.165, 1.54) is 0 Å². The third-order valence-electron chi connectivity index (χ3n) is 3.15. The van der Waals surface area contributed by atoms with Crippen molar-refractivity contribution < 1.29 is 4.79 Å². The topological polar surface area (TPSA) is 45.2 Å². The van der Waals surface area contributed by atoms with Crippen molar-refractivity contribution in [3.8, 4) is 0 Å². The molecule has 4 nitrogen and oxygen atoms in total. The minimum Gasteiger partial charge on any atom is -0.355 e. The van der Waals surface area contributed by atoms with Gasteiger partial charge in [-0.3, -0.25) is 4.79 Å². The number of hydrogen-bond donors (Lipinski definition) is 1. The van der Waals surface area contributed by atoms with Crippen LogP contribution in [0, 0.1) is 5.92 Å². The molecule has 2 rings (SSSR count). The summed E-state index contributed by atoms with van der Waals surface area (Å²) in [6, 6.07) is 1.83. The van der Waals surface area contributed by atoms with Crippen molar-refractivity contribution in [3.05, 3.63) is 21.8 Å². The second-order valence-electron chi connectivity index (χ2n) is 6.13. The average molecular weight is 361 g/mol. The number of carbonyl (C=O) groups excluding carboxylic acids is 1. The summed E-state index contributed by atoms with van der Waals surface area (Å²) in [4.78, 5) is 18.6. The molecule has 0 bridgehead atoms. The predicted octanol–water partition coefficient (Wildman–Crippen LogP) is 3.24. The van der Waals surface area contributed by atoms with Gasteiger partial charge in [0.25, 0.3) is 0 Å². The number of pyridine rings is 1. The highest BCUT2D eigenvalue weighted by atomic mass is 79.9. The van der Waals surface area contributed by atoms with Crippen LogP contribution in [-0.2, 0) is 4.79 Å². The predicted molar refractivity (Wildman–Crippen MR) is 85.2 cm³/mol. The Bertz CT molecular complexity index is 516. The largest absolute Gasteiger partial charge is 0.355 e. The molecule has 110 valence electrons. The summed E-state index contributed by atoms with van der Waals surface area (Å²) in [7, 11) is 0. The van der Waals surface area contributed by atoms with Crippen molar-refractivity contribution in [2.24, 2.45) is 5.92 Å². The van der Waals surface area contributed by atoms with Gasteiger partial charge in [-0.1, -0.05) is 11.6 Å². The van der Waals surface area contributed by atoms with E-state index in [9.17, 15) is 4.79 Å². The lowest BCUT2D eigenvalue weighted by Crippen LogP contribution is -2.44. The smallest absolute Gasteiger partial charge is 0.225 e. The van der Waals surface area contributed by atoms with E-state index in [2.05, 4.69) is 31.1 Å². The molecule has 1 atom stereocenters. The second-order valence-corrected chi connectivity index (χ2v) is 7.45. The van der Waals surface area contributed by atoms with E-state index >= 15 is 0 Å². The van der Waals surface area contributed by atoms with Gasteiger partial charge >= 0.3 is 0 Å². The number of amides is 1. The molecular formula is C14H19BrClN3O. The molecule has 0 spiro atoms. The minimum atomic E-state index is -0.196. The number of rotatable bonds is 2. The van der Waals surface area contributed by atoms with Crippen molar-refractivity contribution in [2.45, 2.75) is 32.7 Å². The van der Waals surface area contributed by atoms with E-state index in [-0.39, 0.29) is 17.4 Å². The molecule has 1 aromatic heterocycles. The zero-order chi connectivity index (χ0) is 14.9. The standard InChI is InChI=1S/C14H19BrClN3O/c1-14(2,3)18-13(20)9-4-5-19(8-9)12-11(16)6-10(15)7-17-12/h6-7,9H,4-5,8H2,1-3H3,(H,18,20). The summed E-state index contributed by atoms with van der Waals surface area (Å²) in [6.45, 7) is 7.44. The molecule has 1 unspecified atom stereocenters. The van der Waals surface area contributed by atoms with Gasteiger partial charge in [-0.25, -0.2) is 4.98 Å². The number of nitrogens with one attached hydrogen (secondary N) is 1. The Morgan fingerprint density at radius 3 is 2.85 bits per heavy atom. The van der Waals surface area contributed by atoms with Crippen LogP contribution in [0.2, 0.25) is 5.02 Å². The van der Waals surface area contributed by atoms with E-state index in [0.29, 0.717) is 11.6 Å². The van der Waals surface area contributed by atoms with Gasteiger partial charge in [-0.15, -0.1) is 0 Å². The summed E-state index contributed by atoms with van der Waals surface area (Å²) in [5.41, 5.74) is -0.196. The van der Waals surface area contributed by atoms with Crippen molar-refractivity contribution >= 4 is 39.3 Å². The quantitative estimate of drug-likeness (QED) is 0.880. The second kappa shape index (κ2) is 5.90. The Kier molecular flexibility index (Phi) is 4.59. The van der Waals surface area contributed by atoms with Gasteiger partial charge < -0.3 is 10.2 Å². The Morgan fingerprint density at radius 1 is 1.55 bits per heavy atom. The number of aromatic nitrogens is 1. The van der Waals surface area contributed by atoms with Gasteiger partial charge in [0.1, 0.15) is 5.82 Å². The van der Waals surface area contributed by atoms with Crippen LogP contribution in [0.15, 0.2) is 16.7 Å². The molecule has 1 amide bonds. The van der Waals surface area contributed by atoms with E-state index < -0.39 is 0 Å². The molecule has 20 heavy (non-hydrogen) atoms. The maximum atomic E-state index is 12.2. The first kappa shape index (κ1) is 15.6. The van der Waals surface area contributed by atoms with Crippen LogP contribution in [0.3, 0.4) is 0 Å². The third kappa shape index (κ3) is 3.85. The Labute approximate surface area is 133 Å². The fourth-order valence-electron chi connectivity index (χ4n) is 2.28. The fraction of sp³-hybridized carbons (Fsp3) is 0.571. The first-order chi connectivity index (χ1) is 9.26. The van der Waals surface area contributed by atoms with E-state index in [1.54, 1.807) is 6.20 Å². The van der Waals surface area contributed by atoms with Crippen LogP contribution in [0.4, 0.5) is 5.82 Å². The molecule has 1 saturated heterocycles. The number of anilines is 1. The number of hydrogen-bond acceptors (Lipinski definition) is 3. The molecule has 0 radical (unpaired) electrons. The molecule has 1 aromatic rings. The van der Waals surface area contributed by atoms with Crippen LogP contribution in [-0.4, -0.2) is 29.5 Å². The Morgan fingerprint density at radius 2 is 2.25 bits per heavy atom. The van der Waals surface area contributed by atoms with Crippen LogP contribution in [0.25, 0.3) is 0 Å². The SMILES string of the molecule is CC(C)(C)NC(=O)C1CCN(c2ncc(Br)cc2Cl)C1. The highest BCUT2D eigenvalue weighted by molar-refractivity contribution is 9.10. The first-order valence-electron chi connectivity index (χ1n) is 6.64. The zero-order valence-electron chi connectivity index (χ0n) is 11.9. The number of carbonyl (C=O) groups is 1. The van der Waals surface area contributed by atoms with Gasteiger partial charge in [0.05, 0.1) is 10.9 Å². The number of halogens is 2. The van der Waals surface area contributed by atoms with Crippen molar-refractivity contribution in [1.29, 1.82) is 0 Å². The lowest BCUT2D eigenvalue weighted by Gasteiger charge is -2.23. The lowest BCUT2D eigenvalue weighted by molar-refractivity contribution is -0.125. The van der Waals surface area contributed by atoms with E-state index in [1.807, 2.05) is 26.8 Å². The lowest BCUT2D eigenvalue weighted by atomic mass is 10.0. The molecule has 1 aliphatic rings. The molecule has 1 N–H and O–H groups in total. The summed E-state index contributed by atoms with van der Waals surface area (Å²) >= 11 is 9.55. The number of nitrogens with zero attached hydrogens (tertiary/aromatic N) is 2. The molecule has 1 fully saturated rings. The zero-order valence-corrected chi connectivity index (χ0v) is 14.3. The van der Waals surface area contributed by atoms with E-state index in [4.69, 9.17) is 11.6 Å². The molecule has 2 heterocycles. The van der Waals surface area contributed by atoms with Gasteiger partial charge in [0, 0.05) is 29.3 Å². The maximum absolute atomic E-state index is 12.2. The monoisotopic (exact) mass is 359 g/mol. The molecular weight excluding hydrogens is 342 g/mol. The van der Waals surface area contributed by atoms with E-state index in [0.717, 1.165) is 23.3 Å². The molecule has 0 aromatic carbocycles. The van der Waals surface area contributed by atoms with Crippen LogP contribution < -0.4 is 10.2 Å². The van der Waals surface area contributed by atoms with Crippen molar-refractivity contribution in [1.82, 2.24) is 10.3 Å². The summed E-state index contributed by atoms with van der Waals surface area (Å²) < 4.78 is 0.854. The average Bonchev–Trinajstić information content (AvgIpc) is 2.75.